The normalized spacial score (nSPS) is 10.9. The Morgan fingerprint density at radius 1 is 0.906 bits per heavy atom. The molecule has 0 aliphatic heterocycles. The van der Waals surface area contributed by atoms with Gasteiger partial charge in [0.1, 0.15) is 5.75 Å². The van der Waals surface area contributed by atoms with Gasteiger partial charge in [0, 0.05) is 14.2 Å². The van der Waals surface area contributed by atoms with E-state index >= 15 is 0 Å². The molecule has 1 N–H and O–H groups in total. The molecule has 32 heavy (non-hydrogen) atoms. The lowest BCUT2D eigenvalue weighted by molar-refractivity contribution is 0.0734. The average Bonchev–Trinajstić information content (AvgIpc) is 2.80. The Morgan fingerprint density at radius 3 is 2.41 bits per heavy atom. The van der Waals surface area contributed by atoms with Crippen LogP contribution >= 0.6 is 34.2 Å². The topological polar surface area (TPSA) is 67.8 Å². The summed E-state index contributed by atoms with van der Waals surface area (Å²) in [5, 5.41) is 6.44. The molecule has 0 bridgehead atoms. The first-order chi connectivity index (χ1) is 15.5. The number of nitrogens with one attached hydrogen (secondary N) is 1. The number of hydrazone groups is 1. The van der Waals surface area contributed by atoms with E-state index in [4.69, 9.17) is 16.3 Å². The summed E-state index contributed by atoms with van der Waals surface area (Å²) in [6, 6.07) is 24.9. The van der Waals surface area contributed by atoms with Gasteiger partial charge in [0.05, 0.1) is 17.3 Å². The van der Waals surface area contributed by atoms with Crippen molar-refractivity contribution in [1.29, 1.82) is 0 Å². The zero-order valence-electron chi connectivity index (χ0n) is 16.6. The molecule has 0 saturated heterocycles. The second-order valence-corrected chi connectivity index (χ2v) is 8.37. The van der Waals surface area contributed by atoms with Gasteiger partial charge in [-0.2, -0.15) is 5.10 Å². The molecule has 0 unspecified atom stereocenters. The van der Waals surface area contributed by atoms with Crippen molar-refractivity contribution >= 4 is 63.1 Å². The molecule has 0 saturated carbocycles. The van der Waals surface area contributed by atoms with Crippen molar-refractivity contribution in [1.82, 2.24) is 5.43 Å². The van der Waals surface area contributed by atoms with Gasteiger partial charge in [-0.1, -0.05) is 54.1 Å². The highest BCUT2D eigenvalue weighted by molar-refractivity contribution is 14.1. The fourth-order valence-corrected chi connectivity index (χ4v) is 3.86. The van der Waals surface area contributed by atoms with E-state index < -0.39 is 5.97 Å². The number of halogens is 2. The molecule has 4 aromatic carbocycles. The highest BCUT2D eigenvalue weighted by Crippen LogP contribution is 2.27. The monoisotopic (exact) mass is 554 g/mol. The number of rotatable bonds is 5. The minimum atomic E-state index is -0.519. The fraction of sp³-hybridized carbons (Fsp3) is 0. The highest BCUT2D eigenvalue weighted by atomic mass is 127. The maximum absolute atomic E-state index is 12.6. The predicted molar refractivity (Wildman–Crippen MR) is 135 cm³/mol. The Bertz CT molecular complexity index is 1340. The molecule has 7 heteroatoms. The maximum atomic E-state index is 12.6. The Morgan fingerprint density at radius 2 is 1.62 bits per heavy atom. The van der Waals surface area contributed by atoms with E-state index in [-0.39, 0.29) is 5.91 Å². The van der Waals surface area contributed by atoms with Crippen LogP contribution in [0.5, 0.6) is 5.75 Å². The van der Waals surface area contributed by atoms with Gasteiger partial charge in [-0.05, 0) is 75.8 Å². The van der Waals surface area contributed by atoms with Crippen molar-refractivity contribution in [3.8, 4) is 5.75 Å². The molecule has 5 nitrogen and oxygen atoms in total. The maximum Gasteiger partial charge on any atom is 0.343 e. The van der Waals surface area contributed by atoms with E-state index in [2.05, 4.69) is 33.1 Å². The van der Waals surface area contributed by atoms with Crippen molar-refractivity contribution in [2.75, 3.05) is 0 Å². The minimum absolute atomic E-state index is 0.328. The zero-order valence-corrected chi connectivity index (χ0v) is 19.5. The molecule has 0 spiro atoms. The number of fused-ring (bicyclic) bond motifs is 1. The molecular weight excluding hydrogens is 539 g/mol. The van der Waals surface area contributed by atoms with Crippen LogP contribution < -0.4 is 10.2 Å². The van der Waals surface area contributed by atoms with Crippen LogP contribution in [0.4, 0.5) is 0 Å². The smallest absolute Gasteiger partial charge is 0.343 e. The molecule has 1 amide bonds. The number of ether oxygens (including phenoxy) is 1. The van der Waals surface area contributed by atoms with Gasteiger partial charge < -0.3 is 4.74 Å². The van der Waals surface area contributed by atoms with E-state index in [1.54, 1.807) is 42.5 Å². The molecule has 0 heterocycles. The van der Waals surface area contributed by atoms with Crippen molar-refractivity contribution in [2.45, 2.75) is 0 Å². The van der Waals surface area contributed by atoms with E-state index in [1.807, 2.05) is 42.5 Å². The lowest BCUT2D eigenvalue weighted by Crippen LogP contribution is -2.19. The number of hydrogen-bond acceptors (Lipinski definition) is 4. The van der Waals surface area contributed by atoms with Crippen LogP contribution in [-0.4, -0.2) is 18.1 Å². The summed E-state index contributed by atoms with van der Waals surface area (Å²) in [7, 11) is 0. The summed E-state index contributed by atoms with van der Waals surface area (Å²) in [4.78, 5) is 25.1. The van der Waals surface area contributed by atoms with Crippen molar-refractivity contribution < 1.29 is 14.3 Å². The number of esters is 1. The first kappa shape index (κ1) is 22.0. The van der Waals surface area contributed by atoms with Crippen molar-refractivity contribution in [3.05, 3.63) is 110 Å². The summed E-state index contributed by atoms with van der Waals surface area (Å²) in [5.74, 6) is -0.517. The van der Waals surface area contributed by atoms with Gasteiger partial charge in [0.25, 0.3) is 5.91 Å². The van der Waals surface area contributed by atoms with E-state index in [0.29, 0.717) is 27.5 Å². The molecule has 4 rings (SSSR count). The van der Waals surface area contributed by atoms with E-state index in [0.717, 1.165) is 14.3 Å². The number of benzene rings is 4. The number of carbonyl (C=O) groups is 2. The Kier molecular flexibility index (Phi) is 6.82. The summed E-state index contributed by atoms with van der Waals surface area (Å²) in [5.41, 5.74) is 4.02. The fourth-order valence-electron chi connectivity index (χ4n) is 3.10. The van der Waals surface area contributed by atoms with Crippen LogP contribution in [0.25, 0.3) is 10.8 Å². The number of nitrogens with zero attached hydrogens (tertiary/aromatic N) is 1. The van der Waals surface area contributed by atoms with Gasteiger partial charge in [-0.3, -0.25) is 4.79 Å². The van der Waals surface area contributed by atoms with Crippen LogP contribution in [0.3, 0.4) is 0 Å². The SMILES string of the molecule is O=C(Oc1ccc2ccccc2c1/C=N/NC(=O)c1ccccc1I)c1ccc(Cl)cc1. The second-order valence-electron chi connectivity index (χ2n) is 6.77. The van der Waals surface area contributed by atoms with Gasteiger partial charge >= 0.3 is 5.97 Å². The van der Waals surface area contributed by atoms with Gasteiger partial charge in [-0.15, -0.1) is 0 Å². The van der Waals surface area contributed by atoms with Crippen LogP contribution in [0.1, 0.15) is 26.3 Å². The Labute approximate surface area is 203 Å². The highest BCUT2D eigenvalue weighted by Gasteiger charge is 2.14. The average molecular weight is 555 g/mol. The Balaban J connectivity index is 1.63. The summed E-state index contributed by atoms with van der Waals surface area (Å²) >= 11 is 8.00. The third-order valence-electron chi connectivity index (χ3n) is 4.69. The molecule has 0 radical (unpaired) electrons. The van der Waals surface area contributed by atoms with Crippen LogP contribution in [0, 0.1) is 3.57 Å². The van der Waals surface area contributed by atoms with Crippen LogP contribution in [0.2, 0.25) is 5.02 Å². The zero-order chi connectivity index (χ0) is 22.5. The van der Waals surface area contributed by atoms with Crippen molar-refractivity contribution in [3.63, 3.8) is 0 Å². The number of amides is 1. The van der Waals surface area contributed by atoms with Crippen molar-refractivity contribution in [2.24, 2.45) is 5.10 Å². The first-order valence-corrected chi connectivity index (χ1v) is 11.1. The first-order valence-electron chi connectivity index (χ1n) is 9.60. The van der Waals surface area contributed by atoms with Gasteiger partial charge in [0.2, 0.25) is 0 Å². The quantitative estimate of drug-likeness (QED) is 0.107. The Hall–Kier alpha value is -3.23. The molecule has 0 atom stereocenters. The van der Waals surface area contributed by atoms with E-state index in [9.17, 15) is 9.59 Å². The largest absolute Gasteiger partial charge is 0.422 e. The number of carbonyl (C=O) groups excluding carboxylic acids is 2. The summed E-state index contributed by atoms with van der Waals surface area (Å²) < 4.78 is 6.47. The predicted octanol–water partition coefficient (Wildman–Crippen LogP) is 6.08. The summed E-state index contributed by atoms with van der Waals surface area (Å²) in [6.07, 6.45) is 1.49. The second kappa shape index (κ2) is 9.93. The molecular formula is C25H16ClIN2O3. The molecule has 0 aromatic heterocycles. The molecule has 0 aliphatic carbocycles. The minimum Gasteiger partial charge on any atom is -0.422 e. The number of hydrogen-bond donors (Lipinski definition) is 1. The lowest BCUT2D eigenvalue weighted by Gasteiger charge is -2.11. The van der Waals surface area contributed by atoms with E-state index in [1.165, 1.54) is 6.21 Å². The molecule has 0 fully saturated rings. The molecule has 0 aliphatic rings. The third kappa shape index (κ3) is 4.98. The molecule has 158 valence electrons. The summed E-state index contributed by atoms with van der Waals surface area (Å²) in [6.45, 7) is 0. The third-order valence-corrected chi connectivity index (χ3v) is 5.88. The van der Waals surface area contributed by atoms with Gasteiger partial charge in [-0.25, -0.2) is 10.2 Å². The standard InChI is InChI=1S/C25H16ClIN2O3/c26-18-12-9-17(10-13-18)25(31)32-23-14-11-16-5-1-2-6-19(16)21(23)15-28-29-24(30)20-7-3-4-8-22(20)27/h1-15H,(H,29,30)/b28-15+. The van der Waals surface area contributed by atoms with Crippen LogP contribution in [-0.2, 0) is 0 Å². The van der Waals surface area contributed by atoms with Crippen LogP contribution in [0.15, 0.2) is 90.0 Å². The lowest BCUT2D eigenvalue weighted by atomic mass is 10.0. The van der Waals surface area contributed by atoms with Gasteiger partial charge in [0.15, 0.2) is 0 Å². The molecule has 4 aromatic rings.